The first-order chi connectivity index (χ1) is 9.12. The fourth-order valence-electron chi connectivity index (χ4n) is 1.98. The van der Waals surface area contributed by atoms with E-state index in [1.807, 2.05) is 13.8 Å². The first-order valence-electron chi connectivity index (χ1n) is 6.47. The fraction of sp³-hybridized carbons (Fsp3) is 0.500. The molecule has 0 aliphatic carbocycles. The van der Waals surface area contributed by atoms with Crippen LogP contribution in [0, 0.1) is 0 Å². The summed E-state index contributed by atoms with van der Waals surface area (Å²) >= 11 is 3.21. The van der Waals surface area contributed by atoms with Crippen molar-refractivity contribution in [3.8, 4) is 0 Å². The molecule has 0 saturated heterocycles. The fourth-order valence-corrected chi connectivity index (χ4v) is 2.30. The van der Waals surface area contributed by atoms with Crippen LogP contribution in [0.2, 0.25) is 0 Å². The molecule has 0 bridgehead atoms. The molecular formula is C14H20BrNO3. The molecule has 0 radical (unpaired) electrons. The van der Waals surface area contributed by atoms with E-state index in [0.29, 0.717) is 17.0 Å². The molecule has 0 aromatic carbocycles. The summed E-state index contributed by atoms with van der Waals surface area (Å²) in [4.78, 5) is 13.9. The van der Waals surface area contributed by atoms with Gasteiger partial charge in [0.1, 0.15) is 5.76 Å². The molecule has 1 amide bonds. The Kier molecular flexibility index (Phi) is 6.87. The van der Waals surface area contributed by atoms with Crippen molar-refractivity contribution in [1.82, 2.24) is 4.90 Å². The Labute approximate surface area is 122 Å². The number of amides is 1. The van der Waals surface area contributed by atoms with Crippen LogP contribution in [0.4, 0.5) is 0 Å². The molecule has 0 aliphatic heterocycles. The molecule has 0 saturated carbocycles. The Bertz CT molecular complexity index is 424. The summed E-state index contributed by atoms with van der Waals surface area (Å²) in [5.74, 6) is 0.518. The van der Waals surface area contributed by atoms with Crippen molar-refractivity contribution in [2.45, 2.75) is 32.7 Å². The number of furan rings is 1. The van der Waals surface area contributed by atoms with Gasteiger partial charge < -0.3 is 14.4 Å². The van der Waals surface area contributed by atoms with Crippen LogP contribution in [-0.4, -0.2) is 35.1 Å². The normalized spacial score (nSPS) is 11.4. The number of carbonyl (C=O) groups excluding carboxylic acids is 1. The van der Waals surface area contributed by atoms with Crippen LogP contribution in [0.15, 0.2) is 27.3 Å². The number of nitrogens with zero attached hydrogens (tertiary/aromatic N) is 1. The van der Waals surface area contributed by atoms with Gasteiger partial charge in [0, 0.05) is 18.7 Å². The maximum Gasteiger partial charge on any atom is 0.247 e. The number of aliphatic hydroxyl groups excluding tert-OH is 1. The van der Waals surface area contributed by atoms with Gasteiger partial charge in [-0.3, -0.25) is 4.79 Å². The third-order valence-electron chi connectivity index (χ3n) is 2.99. The molecule has 0 fully saturated rings. The zero-order chi connectivity index (χ0) is 14.3. The molecule has 4 nitrogen and oxygen atoms in total. The lowest BCUT2D eigenvalue weighted by molar-refractivity contribution is -0.129. The first-order valence-corrected chi connectivity index (χ1v) is 7.26. The molecular weight excluding hydrogens is 310 g/mol. The minimum absolute atomic E-state index is 0.0254. The molecule has 1 heterocycles. The van der Waals surface area contributed by atoms with Gasteiger partial charge in [-0.2, -0.15) is 0 Å². The number of aliphatic hydroxyl groups is 1. The van der Waals surface area contributed by atoms with Crippen LogP contribution in [-0.2, 0) is 4.79 Å². The van der Waals surface area contributed by atoms with Crippen molar-refractivity contribution in [3.05, 3.63) is 28.6 Å². The van der Waals surface area contributed by atoms with Crippen LogP contribution in [0.3, 0.4) is 0 Å². The number of hydrogen-bond acceptors (Lipinski definition) is 3. The second-order valence-electron chi connectivity index (χ2n) is 4.20. The van der Waals surface area contributed by atoms with Crippen LogP contribution in [0.5, 0.6) is 0 Å². The van der Waals surface area contributed by atoms with E-state index >= 15 is 0 Å². The van der Waals surface area contributed by atoms with Gasteiger partial charge in [0.05, 0.1) is 6.61 Å². The molecule has 106 valence electrons. The summed E-state index contributed by atoms with van der Waals surface area (Å²) < 4.78 is 5.93. The zero-order valence-electron chi connectivity index (χ0n) is 11.3. The molecule has 0 spiro atoms. The molecule has 19 heavy (non-hydrogen) atoms. The highest BCUT2D eigenvalue weighted by atomic mass is 79.9. The second kappa shape index (κ2) is 8.17. The van der Waals surface area contributed by atoms with Crippen molar-refractivity contribution in [2.24, 2.45) is 0 Å². The summed E-state index contributed by atoms with van der Waals surface area (Å²) in [6.07, 6.45) is 4.88. The molecule has 1 N–H and O–H groups in total. The summed E-state index contributed by atoms with van der Waals surface area (Å²) in [7, 11) is 0. The van der Waals surface area contributed by atoms with E-state index in [-0.39, 0.29) is 18.6 Å². The Morgan fingerprint density at radius 3 is 2.63 bits per heavy atom. The zero-order valence-corrected chi connectivity index (χ0v) is 12.9. The number of carbonyl (C=O) groups is 1. The number of rotatable bonds is 7. The van der Waals surface area contributed by atoms with Gasteiger partial charge in [0.25, 0.3) is 0 Å². The highest BCUT2D eigenvalue weighted by Crippen LogP contribution is 2.16. The maximum atomic E-state index is 12.1. The van der Waals surface area contributed by atoms with Crippen LogP contribution < -0.4 is 0 Å². The van der Waals surface area contributed by atoms with Gasteiger partial charge in [-0.1, -0.05) is 13.8 Å². The molecule has 0 aliphatic rings. The lowest BCUT2D eigenvalue weighted by Gasteiger charge is -2.28. The minimum atomic E-state index is -0.102. The third kappa shape index (κ3) is 4.84. The van der Waals surface area contributed by atoms with E-state index in [0.717, 1.165) is 12.8 Å². The van der Waals surface area contributed by atoms with Crippen LogP contribution in [0.25, 0.3) is 6.08 Å². The summed E-state index contributed by atoms with van der Waals surface area (Å²) in [6, 6.07) is 3.71. The highest BCUT2D eigenvalue weighted by Gasteiger charge is 2.18. The van der Waals surface area contributed by atoms with E-state index < -0.39 is 0 Å². The molecule has 0 unspecified atom stereocenters. The maximum absolute atomic E-state index is 12.1. The number of hydrogen-bond donors (Lipinski definition) is 1. The SMILES string of the molecule is CCC(CC)N(CCO)C(=O)/C=C/c1ccc(Br)o1. The topological polar surface area (TPSA) is 53.7 Å². The molecule has 0 atom stereocenters. The molecule has 1 aromatic rings. The van der Waals surface area contributed by atoms with Crippen molar-refractivity contribution >= 4 is 27.9 Å². The van der Waals surface area contributed by atoms with Crippen molar-refractivity contribution < 1.29 is 14.3 Å². The number of halogens is 1. The second-order valence-corrected chi connectivity index (χ2v) is 4.98. The van der Waals surface area contributed by atoms with Gasteiger partial charge in [-0.05, 0) is 47.0 Å². The Balaban J connectivity index is 2.73. The monoisotopic (exact) mass is 329 g/mol. The molecule has 1 rings (SSSR count). The largest absolute Gasteiger partial charge is 0.450 e. The Morgan fingerprint density at radius 1 is 1.47 bits per heavy atom. The molecule has 5 heteroatoms. The van der Waals surface area contributed by atoms with Crippen molar-refractivity contribution in [3.63, 3.8) is 0 Å². The van der Waals surface area contributed by atoms with E-state index in [1.165, 1.54) is 6.08 Å². The average Bonchev–Trinajstić information content (AvgIpc) is 2.82. The third-order valence-corrected chi connectivity index (χ3v) is 3.42. The lowest BCUT2D eigenvalue weighted by Crippen LogP contribution is -2.40. The van der Waals surface area contributed by atoms with E-state index in [9.17, 15) is 4.79 Å². The van der Waals surface area contributed by atoms with Gasteiger partial charge in [0.15, 0.2) is 4.67 Å². The Morgan fingerprint density at radius 2 is 2.16 bits per heavy atom. The lowest BCUT2D eigenvalue weighted by atomic mass is 10.1. The van der Waals surface area contributed by atoms with Gasteiger partial charge in [0.2, 0.25) is 5.91 Å². The van der Waals surface area contributed by atoms with E-state index in [2.05, 4.69) is 15.9 Å². The predicted molar refractivity (Wildman–Crippen MR) is 78.6 cm³/mol. The van der Waals surface area contributed by atoms with Gasteiger partial charge in [-0.15, -0.1) is 0 Å². The van der Waals surface area contributed by atoms with Crippen molar-refractivity contribution in [2.75, 3.05) is 13.2 Å². The summed E-state index contributed by atoms with van der Waals surface area (Å²) in [6.45, 7) is 4.41. The summed E-state index contributed by atoms with van der Waals surface area (Å²) in [5, 5.41) is 9.07. The standard InChI is InChI=1S/C14H20BrNO3/c1-3-11(4-2)16(9-10-17)14(18)8-6-12-5-7-13(15)19-12/h5-8,11,17H,3-4,9-10H2,1-2H3/b8-6+. The highest BCUT2D eigenvalue weighted by molar-refractivity contribution is 9.10. The van der Waals surface area contributed by atoms with Gasteiger partial charge in [-0.25, -0.2) is 0 Å². The Hall–Kier alpha value is -1.07. The molecule has 1 aromatic heterocycles. The van der Waals surface area contributed by atoms with Gasteiger partial charge >= 0.3 is 0 Å². The smallest absolute Gasteiger partial charge is 0.247 e. The summed E-state index contributed by atoms with van der Waals surface area (Å²) in [5.41, 5.74) is 0. The van der Waals surface area contributed by atoms with E-state index in [1.54, 1.807) is 23.1 Å². The quantitative estimate of drug-likeness (QED) is 0.782. The first kappa shape index (κ1) is 16.0. The minimum Gasteiger partial charge on any atom is -0.450 e. The average molecular weight is 330 g/mol. The van der Waals surface area contributed by atoms with Crippen LogP contribution in [0.1, 0.15) is 32.4 Å². The van der Waals surface area contributed by atoms with Crippen LogP contribution >= 0.6 is 15.9 Å². The predicted octanol–water partition coefficient (Wildman–Crippen LogP) is 3.06. The van der Waals surface area contributed by atoms with E-state index in [4.69, 9.17) is 9.52 Å². The van der Waals surface area contributed by atoms with Crippen molar-refractivity contribution in [1.29, 1.82) is 0 Å².